The summed E-state index contributed by atoms with van der Waals surface area (Å²) < 4.78 is 36.2. The van der Waals surface area contributed by atoms with E-state index in [0.29, 0.717) is 17.1 Å². The van der Waals surface area contributed by atoms with Gasteiger partial charge in [-0.1, -0.05) is 6.08 Å². The molecule has 0 saturated carbocycles. The molecule has 3 nitrogen and oxygen atoms in total. The predicted molar refractivity (Wildman–Crippen MR) is 79.3 cm³/mol. The van der Waals surface area contributed by atoms with Gasteiger partial charge in [0.15, 0.2) is 17.4 Å². The molecule has 0 spiro atoms. The number of hydrogen-bond donors (Lipinski definition) is 0. The van der Waals surface area contributed by atoms with Crippen LogP contribution in [0, 0.1) is 11.6 Å². The molecule has 0 unspecified atom stereocenters. The van der Waals surface area contributed by atoms with Crippen LogP contribution in [-0.2, 0) is 0 Å². The van der Waals surface area contributed by atoms with Crippen molar-refractivity contribution in [3.8, 4) is 11.5 Å². The van der Waals surface area contributed by atoms with Crippen molar-refractivity contribution < 1.29 is 23.0 Å². The van der Waals surface area contributed by atoms with E-state index >= 15 is 0 Å². The molecular weight excluding hydrogens is 290 g/mol. The van der Waals surface area contributed by atoms with Gasteiger partial charge in [-0.25, -0.2) is 8.78 Å². The lowest BCUT2D eigenvalue weighted by Crippen LogP contribution is -1.96. The molecule has 5 heteroatoms. The zero-order valence-electron chi connectivity index (χ0n) is 12.1. The van der Waals surface area contributed by atoms with Crippen LogP contribution in [0.15, 0.2) is 42.5 Å². The van der Waals surface area contributed by atoms with Crippen LogP contribution in [0.2, 0.25) is 0 Å². The average Bonchev–Trinajstić information content (AvgIpc) is 2.54. The fraction of sp³-hybridized carbons (Fsp3) is 0.118. The second-order valence-corrected chi connectivity index (χ2v) is 4.47. The average molecular weight is 304 g/mol. The Morgan fingerprint density at radius 2 is 1.59 bits per heavy atom. The number of rotatable bonds is 5. The van der Waals surface area contributed by atoms with E-state index in [2.05, 4.69) is 0 Å². The van der Waals surface area contributed by atoms with E-state index < -0.39 is 17.4 Å². The van der Waals surface area contributed by atoms with E-state index in [1.807, 2.05) is 0 Å². The molecule has 0 bridgehead atoms. The summed E-state index contributed by atoms with van der Waals surface area (Å²) >= 11 is 0. The molecule has 0 N–H and O–H groups in total. The van der Waals surface area contributed by atoms with E-state index in [1.54, 1.807) is 24.3 Å². The number of hydrogen-bond acceptors (Lipinski definition) is 3. The minimum Gasteiger partial charge on any atom is -0.497 e. The Labute approximate surface area is 126 Å². The number of ether oxygens (including phenoxy) is 2. The zero-order valence-corrected chi connectivity index (χ0v) is 12.1. The lowest BCUT2D eigenvalue weighted by atomic mass is 10.1. The second kappa shape index (κ2) is 6.85. The van der Waals surface area contributed by atoms with Crippen molar-refractivity contribution in [2.45, 2.75) is 0 Å². The lowest BCUT2D eigenvalue weighted by molar-refractivity contribution is 0.104. The van der Waals surface area contributed by atoms with E-state index in [1.165, 1.54) is 26.4 Å². The highest BCUT2D eigenvalue weighted by molar-refractivity contribution is 6.06. The maximum absolute atomic E-state index is 13.1. The Morgan fingerprint density at radius 3 is 2.14 bits per heavy atom. The maximum atomic E-state index is 13.1. The van der Waals surface area contributed by atoms with Gasteiger partial charge in [-0.15, -0.1) is 0 Å². The number of halogens is 2. The van der Waals surface area contributed by atoms with Crippen LogP contribution in [0.1, 0.15) is 15.9 Å². The van der Waals surface area contributed by atoms with Crippen LogP contribution in [0.4, 0.5) is 8.78 Å². The number of methoxy groups -OCH3 is 2. The Hall–Kier alpha value is -2.69. The SMILES string of the molecule is COc1cc(/C=C/C(=O)c2ccc(F)c(F)c2)cc(OC)c1. The summed E-state index contributed by atoms with van der Waals surface area (Å²) in [6.07, 6.45) is 2.83. The summed E-state index contributed by atoms with van der Waals surface area (Å²) in [5.74, 6) is -1.31. The van der Waals surface area contributed by atoms with Crippen molar-refractivity contribution in [3.63, 3.8) is 0 Å². The normalized spacial score (nSPS) is 10.7. The highest BCUT2D eigenvalue weighted by Crippen LogP contribution is 2.23. The third-order valence-electron chi connectivity index (χ3n) is 3.01. The summed E-state index contributed by atoms with van der Waals surface area (Å²) in [5, 5.41) is 0. The van der Waals surface area contributed by atoms with Crippen molar-refractivity contribution >= 4 is 11.9 Å². The Bertz CT molecular complexity index is 702. The van der Waals surface area contributed by atoms with E-state index in [-0.39, 0.29) is 5.56 Å². The van der Waals surface area contributed by atoms with Crippen molar-refractivity contribution in [1.82, 2.24) is 0 Å². The molecule has 0 aliphatic heterocycles. The summed E-state index contributed by atoms with van der Waals surface area (Å²) in [7, 11) is 3.05. The number of ketones is 1. The summed E-state index contributed by atoms with van der Waals surface area (Å²) in [6.45, 7) is 0. The van der Waals surface area contributed by atoms with Gasteiger partial charge in [0.05, 0.1) is 14.2 Å². The van der Waals surface area contributed by atoms with E-state index in [9.17, 15) is 13.6 Å². The molecule has 2 aromatic carbocycles. The molecule has 0 saturated heterocycles. The van der Waals surface area contributed by atoms with Crippen LogP contribution < -0.4 is 9.47 Å². The molecule has 0 aliphatic rings. The topological polar surface area (TPSA) is 35.5 Å². The first-order valence-electron chi connectivity index (χ1n) is 6.44. The van der Waals surface area contributed by atoms with Gasteiger partial charge in [0, 0.05) is 11.6 Å². The Morgan fingerprint density at radius 1 is 0.955 bits per heavy atom. The van der Waals surface area contributed by atoms with Crippen LogP contribution in [-0.4, -0.2) is 20.0 Å². The van der Waals surface area contributed by atoms with Crippen molar-refractivity contribution in [2.75, 3.05) is 14.2 Å². The summed E-state index contributed by atoms with van der Waals surface area (Å²) in [6, 6.07) is 8.17. The first-order valence-corrected chi connectivity index (χ1v) is 6.44. The van der Waals surface area contributed by atoms with Gasteiger partial charge < -0.3 is 9.47 Å². The molecule has 0 fully saturated rings. The smallest absolute Gasteiger partial charge is 0.185 e. The molecule has 2 rings (SSSR count). The largest absolute Gasteiger partial charge is 0.497 e. The predicted octanol–water partition coefficient (Wildman–Crippen LogP) is 3.88. The quantitative estimate of drug-likeness (QED) is 0.621. The molecule has 0 aliphatic carbocycles. The van der Waals surface area contributed by atoms with Gasteiger partial charge in [-0.2, -0.15) is 0 Å². The molecule has 0 heterocycles. The Balaban J connectivity index is 2.23. The van der Waals surface area contributed by atoms with Crippen LogP contribution in [0.5, 0.6) is 11.5 Å². The minimum atomic E-state index is -1.05. The monoisotopic (exact) mass is 304 g/mol. The summed E-state index contributed by atoms with van der Waals surface area (Å²) in [5.41, 5.74) is 0.761. The van der Waals surface area contributed by atoms with Crippen LogP contribution in [0.25, 0.3) is 6.08 Å². The van der Waals surface area contributed by atoms with Gasteiger partial charge in [-0.3, -0.25) is 4.79 Å². The van der Waals surface area contributed by atoms with Gasteiger partial charge in [0.2, 0.25) is 0 Å². The first-order chi connectivity index (χ1) is 10.5. The van der Waals surface area contributed by atoms with Gasteiger partial charge in [0.25, 0.3) is 0 Å². The highest BCUT2D eigenvalue weighted by atomic mass is 19.2. The van der Waals surface area contributed by atoms with Crippen LogP contribution in [0.3, 0.4) is 0 Å². The third-order valence-corrected chi connectivity index (χ3v) is 3.01. The van der Waals surface area contributed by atoms with E-state index in [4.69, 9.17) is 9.47 Å². The number of benzene rings is 2. The summed E-state index contributed by atoms with van der Waals surface area (Å²) in [4.78, 5) is 12.0. The highest BCUT2D eigenvalue weighted by Gasteiger charge is 2.07. The lowest BCUT2D eigenvalue weighted by Gasteiger charge is -2.05. The molecule has 0 atom stereocenters. The zero-order chi connectivity index (χ0) is 16.1. The molecule has 0 radical (unpaired) electrons. The molecular formula is C17H14F2O3. The standard InChI is InChI=1S/C17H14F2O3/c1-21-13-7-11(8-14(10-13)22-2)3-6-17(20)12-4-5-15(18)16(19)9-12/h3-10H,1-2H3/b6-3+. The molecule has 2 aromatic rings. The van der Waals surface area contributed by atoms with Gasteiger partial charge in [0.1, 0.15) is 11.5 Å². The van der Waals surface area contributed by atoms with Gasteiger partial charge in [-0.05, 0) is 42.0 Å². The van der Waals surface area contributed by atoms with E-state index in [0.717, 1.165) is 12.1 Å². The fourth-order valence-corrected chi connectivity index (χ4v) is 1.84. The molecule has 114 valence electrons. The number of carbonyl (C=O) groups excluding carboxylic acids is 1. The van der Waals surface area contributed by atoms with Gasteiger partial charge >= 0.3 is 0 Å². The van der Waals surface area contributed by atoms with Crippen molar-refractivity contribution in [3.05, 3.63) is 65.2 Å². The number of carbonyl (C=O) groups is 1. The first kappa shape index (κ1) is 15.7. The maximum Gasteiger partial charge on any atom is 0.185 e. The van der Waals surface area contributed by atoms with Crippen LogP contribution >= 0.6 is 0 Å². The third kappa shape index (κ3) is 3.69. The van der Waals surface area contributed by atoms with Crippen molar-refractivity contribution in [2.24, 2.45) is 0 Å². The second-order valence-electron chi connectivity index (χ2n) is 4.47. The fourth-order valence-electron chi connectivity index (χ4n) is 1.84. The minimum absolute atomic E-state index is 0.0741. The molecule has 22 heavy (non-hydrogen) atoms. The number of allylic oxidation sites excluding steroid dienone is 1. The Kier molecular flexibility index (Phi) is 4.88. The molecule has 0 aromatic heterocycles. The molecule has 0 amide bonds. The van der Waals surface area contributed by atoms with Crippen molar-refractivity contribution in [1.29, 1.82) is 0 Å².